The highest BCUT2D eigenvalue weighted by atomic mass is 16.5. The monoisotopic (exact) mass is 445 g/mol. The maximum Gasteiger partial charge on any atom is 0.232 e. The average Bonchev–Trinajstić information content (AvgIpc) is 3.24. The molecule has 1 N–H and O–H groups in total. The largest absolute Gasteiger partial charge is 0.389 e. The summed E-state index contributed by atoms with van der Waals surface area (Å²) in [7, 11) is 1.70. The quantitative estimate of drug-likeness (QED) is 0.351. The summed E-state index contributed by atoms with van der Waals surface area (Å²) in [5.41, 5.74) is 2.87. The first-order valence-corrected chi connectivity index (χ1v) is 11.2. The zero-order valence-electron chi connectivity index (χ0n) is 18.9. The molecule has 176 valence electrons. The first-order chi connectivity index (χ1) is 15.7. The Kier molecular flexibility index (Phi) is 10.2. The standard InChI is InChI=1S/C24H35N3O5/c1-3-13-31-19-21(28)17-26(10-7-14-29-2)18-22-23(20-8-5-4-6-9-20)25-32-24(22)27-11-15-30-16-12-27/h3-6,8-9,21,28H,1,7,10-19H2,2H3. The van der Waals surface area contributed by atoms with Crippen LogP contribution in [0.2, 0.25) is 0 Å². The Bertz CT molecular complexity index is 792. The Morgan fingerprint density at radius 2 is 2.06 bits per heavy atom. The summed E-state index contributed by atoms with van der Waals surface area (Å²) in [6.07, 6.45) is 1.93. The number of hydrogen-bond donors (Lipinski definition) is 1. The van der Waals surface area contributed by atoms with E-state index in [1.54, 1.807) is 13.2 Å². The lowest BCUT2D eigenvalue weighted by Gasteiger charge is -2.29. The highest BCUT2D eigenvalue weighted by Crippen LogP contribution is 2.33. The number of nitrogens with zero attached hydrogens (tertiary/aromatic N) is 3. The number of aromatic nitrogens is 1. The van der Waals surface area contributed by atoms with Crippen LogP contribution in [0.1, 0.15) is 12.0 Å². The van der Waals surface area contributed by atoms with Gasteiger partial charge in [0.2, 0.25) is 5.88 Å². The molecule has 0 radical (unpaired) electrons. The second kappa shape index (κ2) is 13.3. The van der Waals surface area contributed by atoms with E-state index in [2.05, 4.69) is 21.5 Å². The molecule has 3 rings (SSSR count). The minimum Gasteiger partial charge on any atom is -0.389 e. The van der Waals surface area contributed by atoms with Gasteiger partial charge < -0.3 is 28.7 Å². The van der Waals surface area contributed by atoms with E-state index in [4.69, 9.17) is 18.7 Å². The molecule has 1 aliphatic rings. The van der Waals surface area contributed by atoms with Crippen LogP contribution in [0.3, 0.4) is 0 Å². The summed E-state index contributed by atoms with van der Waals surface area (Å²) in [6, 6.07) is 10.1. The fraction of sp³-hybridized carbons (Fsp3) is 0.542. The molecule has 32 heavy (non-hydrogen) atoms. The molecule has 0 spiro atoms. The first-order valence-electron chi connectivity index (χ1n) is 11.2. The molecule has 0 aliphatic carbocycles. The zero-order chi connectivity index (χ0) is 22.6. The van der Waals surface area contributed by atoms with Crippen LogP contribution in [0.25, 0.3) is 11.3 Å². The van der Waals surface area contributed by atoms with Gasteiger partial charge in [0.1, 0.15) is 5.69 Å². The second-order valence-corrected chi connectivity index (χ2v) is 7.84. The van der Waals surface area contributed by atoms with E-state index in [9.17, 15) is 5.11 Å². The molecular weight excluding hydrogens is 410 g/mol. The van der Waals surface area contributed by atoms with Crippen molar-refractivity contribution in [3.63, 3.8) is 0 Å². The summed E-state index contributed by atoms with van der Waals surface area (Å²) >= 11 is 0. The third kappa shape index (κ3) is 7.15. The number of hydrogen-bond acceptors (Lipinski definition) is 8. The van der Waals surface area contributed by atoms with Crippen molar-refractivity contribution in [2.45, 2.75) is 19.1 Å². The van der Waals surface area contributed by atoms with Gasteiger partial charge in [-0.1, -0.05) is 41.6 Å². The molecular formula is C24H35N3O5. The number of ether oxygens (including phenoxy) is 3. The van der Waals surface area contributed by atoms with E-state index in [1.807, 2.05) is 30.3 Å². The summed E-state index contributed by atoms with van der Waals surface area (Å²) in [6.45, 7) is 9.69. The normalized spacial score (nSPS) is 15.3. The maximum absolute atomic E-state index is 10.5. The van der Waals surface area contributed by atoms with Crippen LogP contribution in [0.5, 0.6) is 0 Å². The molecule has 1 saturated heterocycles. The van der Waals surface area contributed by atoms with Gasteiger partial charge in [-0.3, -0.25) is 4.90 Å². The summed E-state index contributed by atoms with van der Waals surface area (Å²) in [4.78, 5) is 4.40. The molecule has 2 heterocycles. The molecule has 1 aromatic heterocycles. The first kappa shape index (κ1) is 24.4. The maximum atomic E-state index is 10.5. The number of benzene rings is 1. The van der Waals surface area contributed by atoms with Crippen LogP contribution in [-0.2, 0) is 20.8 Å². The van der Waals surface area contributed by atoms with Gasteiger partial charge in [0.25, 0.3) is 0 Å². The van der Waals surface area contributed by atoms with Gasteiger partial charge in [-0.05, 0) is 6.42 Å². The van der Waals surface area contributed by atoms with Crippen molar-refractivity contribution in [3.8, 4) is 11.3 Å². The minimum absolute atomic E-state index is 0.262. The van der Waals surface area contributed by atoms with Crippen molar-refractivity contribution in [2.24, 2.45) is 0 Å². The van der Waals surface area contributed by atoms with Crippen LogP contribution in [0, 0.1) is 0 Å². The topological polar surface area (TPSA) is 80.4 Å². The molecule has 8 nitrogen and oxygen atoms in total. The van der Waals surface area contributed by atoms with Crippen LogP contribution < -0.4 is 4.90 Å². The lowest BCUT2D eigenvalue weighted by Crippen LogP contribution is -2.38. The van der Waals surface area contributed by atoms with E-state index in [0.29, 0.717) is 39.5 Å². The van der Waals surface area contributed by atoms with E-state index < -0.39 is 6.10 Å². The fourth-order valence-corrected chi connectivity index (χ4v) is 3.81. The third-order valence-corrected chi connectivity index (χ3v) is 5.33. The molecule has 0 amide bonds. The Labute approximate surface area is 190 Å². The van der Waals surface area contributed by atoms with Gasteiger partial charge in [-0.25, -0.2) is 0 Å². The molecule has 0 saturated carbocycles. The summed E-state index contributed by atoms with van der Waals surface area (Å²) in [5, 5.41) is 15.0. The Morgan fingerprint density at radius 1 is 1.28 bits per heavy atom. The number of morpholine rings is 1. The molecule has 0 bridgehead atoms. The molecule has 1 unspecified atom stereocenters. The van der Waals surface area contributed by atoms with E-state index in [-0.39, 0.29) is 6.61 Å². The van der Waals surface area contributed by atoms with Crippen molar-refractivity contribution >= 4 is 5.88 Å². The van der Waals surface area contributed by atoms with Gasteiger partial charge in [0.05, 0.1) is 38.1 Å². The van der Waals surface area contributed by atoms with Gasteiger partial charge in [0, 0.05) is 52.0 Å². The van der Waals surface area contributed by atoms with Crippen molar-refractivity contribution in [3.05, 3.63) is 48.6 Å². The van der Waals surface area contributed by atoms with Crippen molar-refractivity contribution in [1.82, 2.24) is 10.1 Å². The van der Waals surface area contributed by atoms with Gasteiger partial charge >= 0.3 is 0 Å². The molecule has 8 heteroatoms. The Balaban J connectivity index is 1.83. The smallest absolute Gasteiger partial charge is 0.232 e. The highest BCUT2D eigenvalue weighted by Gasteiger charge is 2.26. The number of rotatable bonds is 14. The third-order valence-electron chi connectivity index (χ3n) is 5.33. The highest BCUT2D eigenvalue weighted by molar-refractivity contribution is 5.68. The lowest BCUT2D eigenvalue weighted by atomic mass is 10.1. The SMILES string of the molecule is C=CCOCC(O)CN(CCCOC)Cc1c(-c2ccccc2)noc1N1CCOCC1. The zero-order valence-corrected chi connectivity index (χ0v) is 18.9. The van der Waals surface area contributed by atoms with Crippen LogP contribution >= 0.6 is 0 Å². The molecule has 1 fully saturated rings. The van der Waals surface area contributed by atoms with Gasteiger partial charge in [-0.2, -0.15) is 0 Å². The number of aliphatic hydroxyl groups excluding tert-OH is 1. The fourth-order valence-electron chi connectivity index (χ4n) is 3.81. The predicted octanol–water partition coefficient (Wildman–Crippen LogP) is 2.58. The van der Waals surface area contributed by atoms with Crippen LogP contribution in [0.15, 0.2) is 47.5 Å². The predicted molar refractivity (Wildman–Crippen MR) is 124 cm³/mol. The Hall–Kier alpha value is -2.23. The van der Waals surface area contributed by atoms with Crippen molar-refractivity contribution in [1.29, 1.82) is 0 Å². The number of anilines is 1. The van der Waals surface area contributed by atoms with Gasteiger partial charge in [0.15, 0.2) is 0 Å². The number of methoxy groups -OCH3 is 1. The van der Waals surface area contributed by atoms with E-state index in [0.717, 1.165) is 48.8 Å². The van der Waals surface area contributed by atoms with Crippen molar-refractivity contribution in [2.75, 3.05) is 71.2 Å². The van der Waals surface area contributed by atoms with Gasteiger partial charge in [-0.15, -0.1) is 6.58 Å². The minimum atomic E-state index is -0.607. The van der Waals surface area contributed by atoms with E-state index >= 15 is 0 Å². The molecule has 2 aromatic rings. The lowest BCUT2D eigenvalue weighted by molar-refractivity contribution is 0.0230. The van der Waals surface area contributed by atoms with E-state index in [1.165, 1.54) is 0 Å². The summed E-state index contributed by atoms with van der Waals surface area (Å²) in [5.74, 6) is 0.779. The number of aliphatic hydroxyl groups is 1. The molecule has 1 atom stereocenters. The van der Waals surface area contributed by atoms with Crippen LogP contribution in [-0.4, -0.2) is 87.6 Å². The molecule has 1 aromatic carbocycles. The summed E-state index contributed by atoms with van der Waals surface area (Å²) < 4.78 is 22.1. The second-order valence-electron chi connectivity index (χ2n) is 7.84. The van der Waals surface area contributed by atoms with Crippen molar-refractivity contribution < 1.29 is 23.8 Å². The Morgan fingerprint density at radius 3 is 2.78 bits per heavy atom. The molecule has 1 aliphatic heterocycles. The average molecular weight is 446 g/mol. The van der Waals surface area contributed by atoms with Crippen LogP contribution in [0.4, 0.5) is 5.88 Å².